The molecule has 2 aromatic carbocycles. The summed E-state index contributed by atoms with van der Waals surface area (Å²) in [5, 5.41) is 0. The second kappa shape index (κ2) is 6.64. The lowest BCUT2D eigenvalue weighted by Gasteiger charge is -2.48. The maximum atomic E-state index is 12.1. The third-order valence-electron chi connectivity index (χ3n) is 6.26. The zero-order valence-electron chi connectivity index (χ0n) is 14.7. The van der Waals surface area contributed by atoms with Gasteiger partial charge in [-0.15, -0.1) is 0 Å². The minimum Gasteiger partial charge on any atom is -0.300 e. The van der Waals surface area contributed by atoms with Gasteiger partial charge in [0.15, 0.2) is 6.29 Å². The van der Waals surface area contributed by atoms with Gasteiger partial charge in [0.2, 0.25) is 5.78 Å². The highest BCUT2D eigenvalue weighted by Crippen LogP contribution is 2.51. The number of benzene rings is 2. The number of fused-ring (bicyclic) bond motifs is 3. The van der Waals surface area contributed by atoms with Gasteiger partial charge in [0, 0.05) is 23.8 Å². The Morgan fingerprint density at radius 2 is 1.92 bits per heavy atom. The number of aryl methyl sites for hydroxylation is 1. The monoisotopic (exact) mass is 346 g/mol. The molecule has 1 unspecified atom stereocenters. The van der Waals surface area contributed by atoms with Crippen LogP contribution in [0.25, 0.3) is 0 Å². The number of rotatable bonds is 4. The van der Waals surface area contributed by atoms with Crippen molar-refractivity contribution in [3.05, 3.63) is 70.8 Å². The van der Waals surface area contributed by atoms with Crippen molar-refractivity contribution >= 4 is 17.9 Å². The predicted molar refractivity (Wildman–Crippen MR) is 99.3 cm³/mol. The van der Waals surface area contributed by atoms with Crippen LogP contribution in [0.2, 0.25) is 0 Å². The number of carbonyl (C=O) groups is 3. The number of aldehydes is 1. The van der Waals surface area contributed by atoms with Gasteiger partial charge in [-0.25, -0.2) is 0 Å². The summed E-state index contributed by atoms with van der Waals surface area (Å²) in [6.45, 7) is 0. The van der Waals surface area contributed by atoms with Gasteiger partial charge in [-0.1, -0.05) is 42.5 Å². The highest BCUT2D eigenvalue weighted by atomic mass is 16.2. The van der Waals surface area contributed by atoms with Crippen molar-refractivity contribution in [2.75, 3.05) is 0 Å². The van der Waals surface area contributed by atoms with Crippen LogP contribution in [0.15, 0.2) is 48.5 Å². The van der Waals surface area contributed by atoms with Gasteiger partial charge in [-0.05, 0) is 54.4 Å². The summed E-state index contributed by atoms with van der Waals surface area (Å²) in [5.41, 5.74) is 4.14. The van der Waals surface area contributed by atoms with Crippen LogP contribution in [0.3, 0.4) is 0 Å². The molecule has 2 aliphatic rings. The van der Waals surface area contributed by atoms with Crippen LogP contribution in [0, 0.1) is 5.92 Å². The van der Waals surface area contributed by atoms with E-state index in [0.29, 0.717) is 36.4 Å². The largest absolute Gasteiger partial charge is 0.300 e. The number of ketones is 2. The predicted octanol–water partition coefficient (Wildman–Crippen LogP) is 3.86. The van der Waals surface area contributed by atoms with E-state index in [9.17, 15) is 14.4 Å². The molecule has 1 fully saturated rings. The highest BCUT2D eigenvalue weighted by Gasteiger charge is 2.47. The molecule has 2 aliphatic carbocycles. The molecule has 132 valence electrons. The number of hydrogen-bond acceptors (Lipinski definition) is 3. The summed E-state index contributed by atoms with van der Waals surface area (Å²) in [6, 6.07) is 16.2. The second-order valence-corrected chi connectivity index (χ2v) is 7.65. The molecule has 0 aliphatic heterocycles. The number of carbonyl (C=O) groups excluding carboxylic acids is 3. The Morgan fingerprint density at radius 1 is 1.12 bits per heavy atom. The summed E-state index contributed by atoms with van der Waals surface area (Å²) in [4.78, 5) is 34.8. The molecule has 3 heteroatoms. The second-order valence-electron chi connectivity index (χ2n) is 7.65. The molecule has 0 aromatic heterocycles. The Hall–Kier alpha value is -2.55. The van der Waals surface area contributed by atoms with E-state index in [1.807, 2.05) is 18.2 Å². The van der Waals surface area contributed by atoms with Crippen LogP contribution in [-0.4, -0.2) is 17.9 Å². The van der Waals surface area contributed by atoms with E-state index >= 15 is 0 Å². The van der Waals surface area contributed by atoms with Gasteiger partial charge in [0.1, 0.15) is 5.78 Å². The Labute approximate surface area is 153 Å². The zero-order chi connectivity index (χ0) is 18.1. The van der Waals surface area contributed by atoms with Gasteiger partial charge in [-0.2, -0.15) is 0 Å². The normalized spacial score (nSPS) is 24.5. The van der Waals surface area contributed by atoms with E-state index in [0.717, 1.165) is 25.7 Å². The zero-order valence-corrected chi connectivity index (χ0v) is 14.7. The molecule has 4 rings (SSSR count). The molecule has 0 radical (unpaired) electrons. The van der Waals surface area contributed by atoms with E-state index in [2.05, 4.69) is 24.3 Å². The topological polar surface area (TPSA) is 51.2 Å². The van der Waals surface area contributed by atoms with Gasteiger partial charge in [0.25, 0.3) is 0 Å². The van der Waals surface area contributed by atoms with Crippen molar-refractivity contribution in [3.8, 4) is 0 Å². The molecule has 2 aromatic rings. The maximum Gasteiger partial charge on any atom is 0.225 e. The van der Waals surface area contributed by atoms with Crippen molar-refractivity contribution in [1.29, 1.82) is 0 Å². The average molecular weight is 346 g/mol. The number of Topliss-reactive ketones (excluding diaryl/α,β-unsaturated/α-hetero) is 2. The average Bonchev–Trinajstić information content (AvgIpc) is 2.68. The van der Waals surface area contributed by atoms with Crippen LogP contribution in [0.5, 0.6) is 0 Å². The highest BCUT2D eigenvalue weighted by molar-refractivity contribution is 6.33. The smallest absolute Gasteiger partial charge is 0.225 e. The lowest BCUT2D eigenvalue weighted by molar-refractivity contribution is -0.123. The lowest BCUT2D eigenvalue weighted by Crippen LogP contribution is -2.46. The lowest BCUT2D eigenvalue weighted by atomic mass is 9.55. The van der Waals surface area contributed by atoms with Crippen LogP contribution in [0.1, 0.15) is 52.7 Å². The van der Waals surface area contributed by atoms with Crippen molar-refractivity contribution in [2.24, 2.45) is 5.92 Å². The molecule has 1 saturated carbocycles. The van der Waals surface area contributed by atoms with Crippen molar-refractivity contribution < 1.29 is 14.4 Å². The van der Waals surface area contributed by atoms with E-state index in [1.54, 1.807) is 6.07 Å². The molecular weight excluding hydrogens is 324 g/mol. The third-order valence-corrected chi connectivity index (χ3v) is 6.26. The van der Waals surface area contributed by atoms with Gasteiger partial charge < -0.3 is 0 Å². The van der Waals surface area contributed by atoms with Gasteiger partial charge in [-0.3, -0.25) is 14.4 Å². The fourth-order valence-electron chi connectivity index (χ4n) is 5.00. The molecular formula is C23H22O3. The maximum absolute atomic E-state index is 12.1. The van der Waals surface area contributed by atoms with E-state index in [-0.39, 0.29) is 5.41 Å². The Balaban J connectivity index is 1.80. The minimum absolute atomic E-state index is 0.0500. The summed E-state index contributed by atoms with van der Waals surface area (Å²) in [7, 11) is 0. The molecule has 0 heterocycles. The fraction of sp³-hybridized carbons (Fsp3) is 0.348. The Morgan fingerprint density at radius 3 is 2.69 bits per heavy atom. The molecule has 0 N–H and O–H groups in total. The van der Waals surface area contributed by atoms with E-state index < -0.39 is 5.78 Å². The van der Waals surface area contributed by atoms with Crippen molar-refractivity contribution in [3.63, 3.8) is 0 Å². The first-order valence-electron chi connectivity index (χ1n) is 9.31. The molecule has 0 saturated heterocycles. The Bertz CT molecular complexity index is 868. The summed E-state index contributed by atoms with van der Waals surface area (Å²) >= 11 is 0. The fourth-order valence-corrected chi connectivity index (χ4v) is 5.00. The quantitative estimate of drug-likeness (QED) is 0.480. The molecule has 0 amide bonds. The van der Waals surface area contributed by atoms with Crippen LogP contribution in [-0.2, 0) is 27.8 Å². The van der Waals surface area contributed by atoms with Crippen molar-refractivity contribution in [1.82, 2.24) is 0 Å². The summed E-state index contributed by atoms with van der Waals surface area (Å²) in [5.74, 6) is 0.254. The Kier molecular flexibility index (Phi) is 4.31. The summed E-state index contributed by atoms with van der Waals surface area (Å²) < 4.78 is 0. The van der Waals surface area contributed by atoms with Crippen molar-refractivity contribution in [2.45, 2.75) is 43.9 Å². The standard InChI is InChI=1S/C23H22O3/c24-15-22(26)18-7-9-21-17(12-18)6-8-19-13-20(25)10-11-23(19,21)14-16-4-2-1-3-5-16/h1-5,7,9,12,15,19H,6,8,10-11,13-14H2/t19?,23-/m0/s1. The van der Waals surface area contributed by atoms with E-state index in [1.165, 1.54) is 16.7 Å². The first-order valence-corrected chi connectivity index (χ1v) is 9.31. The van der Waals surface area contributed by atoms with Gasteiger partial charge >= 0.3 is 0 Å². The SMILES string of the molecule is O=CC(=O)c1ccc2c(c1)CCC1CC(=O)CC[C@@]21Cc1ccccc1. The molecule has 26 heavy (non-hydrogen) atoms. The number of hydrogen-bond donors (Lipinski definition) is 0. The molecule has 0 bridgehead atoms. The van der Waals surface area contributed by atoms with E-state index in [4.69, 9.17) is 0 Å². The third kappa shape index (κ3) is 2.82. The summed E-state index contributed by atoms with van der Waals surface area (Å²) in [6.07, 6.45) is 5.26. The molecule has 0 spiro atoms. The molecule has 3 nitrogen and oxygen atoms in total. The molecule has 2 atom stereocenters. The van der Waals surface area contributed by atoms with Crippen LogP contribution >= 0.6 is 0 Å². The first kappa shape index (κ1) is 16.9. The van der Waals surface area contributed by atoms with Crippen LogP contribution in [0.4, 0.5) is 0 Å². The van der Waals surface area contributed by atoms with Crippen LogP contribution < -0.4 is 0 Å². The minimum atomic E-state index is -0.467. The first-order chi connectivity index (χ1) is 12.6. The van der Waals surface area contributed by atoms with Gasteiger partial charge in [0.05, 0.1) is 0 Å².